The van der Waals surface area contributed by atoms with Gasteiger partial charge in [-0.3, -0.25) is 4.90 Å². The van der Waals surface area contributed by atoms with E-state index in [0.717, 1.165) is 19.5 Å². The van der Waals surface area contributed by atoms with Gasteiger partial charge in [0.25, 0.3) is 0 Å². The van der Waals surface area contributed by atoms with E-state index in [9.17, 15) is 8.78 Å². The fraction of sp³-hybridized carbons (Fsp3) is 1.00. The van der Waals surface area contributed by atoms with E-state index in [4.69, 9.17) is 0 Å². The van der Waals surface area contributed by atoms with Crippen LogP contribution in [-0.2, 0) is 0 Å². The van der Waals surface area contributed by atoms with Crippen LogP contribution < -0.4 is 5.32 Å². The minimum absolute atomic E-state index is 0.325. The first-order valence-corrected chi connectivity index (χ1v) is 5.40. The normalized spacial score (nSPS) is 39.0. The van der Waals surface area contributed by atoms with Crippen LogP contribution in [0.15, 0.2) is 0 Å². The second-order valence-electron chi connectivity index (χ2n) is 4.49. The fourth-order valence-electron chi connectivity index (χ4n) is 2.49. The van der Waals surface area contributed by atoms with E-state index in [1.807, 2.05) is 7.05 Å². The van der Waals surface area contributed by atoms with Crippen molar-refractivity contribution in [3.63, 3.8) is 0 Å². The number of nitrogens with one attached hydrogen (secondary N) is 1. The minimum Gasteiger partial charge on any atom is -0.316 e. The summed E-state index contributed by atoms with van der Waals surface area (Å²) in [5, 5.41) is 3.24. The van der Waals surface area contributed by atoms with Crippen molar-refractivity contribution < 1.29 is 8.78 Å². The molecule has 1 atom stereocenters. The third-order valence-electron chi connectivity index (χ3n) is 3.65. The summed E-state index contributed by atoms with van der Waals surface area (Å²) in [7, 11) is 1.97. The summed E-state index contributed by atoms with van der Waals surface area (Å²) in [6.07, 6.45) is 0.461. The van der Waals surface area contributed by atoms with Gasteiger partial charge in [0.15, 0.2) is 0 Å². The van der Waals surface area contributed by atoms with Gasteiger partial charge in [-0.2, -0.15) is 0 Å². The molecule has 1 heterocycles. The number of rotatable bonds is 3. The highest BCUT2D eigenvalue weighted by molar-refractivity contribution is 4.93. The SMILES string of the molecule is CNC1CCN(C2CC(C(F)F)C2)C1. The van der Waals surface area contributed by atoms with Crippen molar-refractivity contribution in [3.8, 4) is 0 Å². The molecule has 82 valence electrons. The Hall–Kier alpha value is -0.220. The molecule has 1 aliphatic heterocycles. The maximum absolute atomic E-state index is 12.3. The summed E-state index contributed by atoms with van der Waals surface area (Å²) in [5.74, 6) is -0.325. The van der Waals surface area contributed by atoms with E-state index < -0.39 is 6.43 Å². The van der Waals surface area contributed by atoms with Crippen LogP contribution in [0.5, 0.6) is 0 Å². The number of nitrogens with zero attached hydrogens (tertiary/aromatic N) is 1. The van der Waals surface area contributed by atoms with Gasteiger partial charge in [-0.25, -0.2) is 8.78 Å². The molecule has 2 rings (SSSR count). The number of alkyl halides is 2. The molecule has 14 heavy (non-hydrogen) atoms. The van der Waals surface area contributed by atoms with Crippen LogP contribution in [0.1, 0.15) is 19.3 Å². The number of likely N-dealkylation sites (tertiary alicyclic amines) is 1. The molecule has 2 fully saturated rings. The zero-order valence-electron chi connectivity index (χ0n) is 8.55. The molecule has 1 N–H and O–H groups in total. The summed E-state index contributed by atoms with van der Waals surface area (Å²) in [6, 6.07) is 1.01. The fourth-order valence-corrected chi connectivity index (χ4v) is 2.49. The first-order valence-electron chi connectivity index (χ1n) is 5.40. The molecule has 0 radical (unpaired) electrons. The Balaban J connectivity index is 1.73. The van der Waals surface area contributed by atoms with Gasteiger partial charge in [-0.1, -0.05) is 0 Å². The van der Waals surface area contributed by atoms with Crippen molar-refractivity contribution in [1.82, 2.24) is 10.2 Å². The van der Waals surface area contributed by atoms with Gasteiger partial charge in [0.2, 0.25) is 6.43 Å². The van der Waals surface area contributed by atoms with E-state index in [1.54, 1.807) is 0 Å². The molecule has 0 spiro atoms. The molecular weight excluding hydrogens is 186 g/mol. The molecule has 0 aromatic heterocycles. The molecule has 0 aromatic rings. The molecule has 0 aromatic carbocycles. The highest BCUT2D eigenvalue weighted by Gasteiger charge is 2.40. The monoisotopic (exact) mass is 204 g/mol. The van der Waals surface area contributed by atoms with Gasteiger partial charge in [-0.05, 0) is 26.3 Å². The second-order valence-corrected chi connectivity index (χ2v) is 4.49. The number of hydrogen-bond acceptors (Lipinski definition) is 2. The summed E-state index contributed by atoms with van der Waals surface area (Å²) < 4.78 is 24.5. The van der Waals surface area contributed by atoms with Crippen LogP contribution in [0.4, 0.5) is 8.78 Å². The zero-order chi connectivity index (χ0) is 10.1. The van der Waals surface area contributed by atoms with Crippen molar-refractivity contribution in [3.05, 3.63) is 0 Å². The second kappa shape index (κ2) is 4.11. The van der Waals surface area contributed by atoms with Crippen LogP contribution in [0.25, 0.3) is 0 Å². The van der Waals surface area contributed by atoms with E-state index in [1.165, 1.54) is 0 Å². The molecule has 1 saturated carbocycles. The highest BCUT2D eigenvalue weighted by atomic mass is 19.3. The van der Waals surface area contributed by atoms with E-state index in [-0.39, 0.29) is 5.92 Å². The molecular formula is C10H18F2N2. The Morgan fingerprint density at radius 3 is 2.57 bits per heavy atom. The maximum Gasteiger partial charge on any atom is 0.241 e. The molecule has 0 bridgehead atoms. The van der Waals surface area contributed by atoms with Crippen LogP contribution in [0.3, 0.4) is 0 Å². The van der Waals surface area contributed by atoms with Crippen molar-refractivity contribution >= 4 is 0 Å². The summed E-state index contributed by atoms with van der Waals surface area (Å²) >= 11 is 0. The smallest absolute Gasteiger partial charge is 0.241 e. The number of hydrogen-bond donors (Lipinski definition) is 1. The summed E-state index contributed by atoms with van der Waals surface area (Å²) in [6.45, 7) is 2.11. The molecule has 2 aliphatic rings. The Morgan fingerprint density at radius 2 is 2.07 bits per heavy atom. The third kappa shape index (κ3) is 1.91. The Morgan fingerprint density at radius 1 is 1.36 bits per heavy atom. The Labute approximate surface area is 83.7 Å². The van der Waals surface area contributed by atoms with Gasteiger partial charge in [-0.15, -0.1) is 0 Å². The summed E-state index contributed by atoms with van der Waals surface area (Å²) in [5.41, 5.74) is 0. The zero-order valence-corrected chi connectivity index (χ0v) is 8.55. The standard InChI is InChI=1S/C10H18F2N2/c1-13-8-2-3-14(6-8)9-4-7(5-9)10(11)12/h7-10,13H,2-6H2,1H3. The van der Waals surface area contributed by atoms with Crippen LogP contribution in [0.2, 0.25) is 0 Å². The minimum atomic E-state index is -2.10. The topological polar surface area (TPSA) is 15.3 Å². The van der Waals surface area contributed by atoms with E-state index >= 15 is 0 Å². The molecule has 1 unspecified atom stereocenters. The molecule has 0 amide bonds. The lowest BCUT2D eigenvalue weighted by Gasteiger charge is -2.40. The van der Waals surface area contributed by atoms with Gasteiger partial charge >= 0.3 is 0 Å². The molecule has 4 heteroatoms. The largest absolute Gasteiger partial charge is 0.316 e. The first-order chi connectivity index (χ1) is 6.70. The van der Waals surface area contributed by atoms with Crippen molar-refractivity contribution in [2.45, 2.75) is 37.8 Å². The van der Waals surface area contributed by atoms with Gasteiger partial charge in [0.05, 0.1) is 0 Å². The van der Waals surface area contributed by atoms with Crippen molar-refractivity contribution in [2.75, 3.05) is 20.1 Å². The van der Waals surface area contributed by atoms with Crippen LogP contribution in [-0.4, -0.2) is 43.5 Å². The van der Waals surface area contributed by atoms with Crippen molar-refractivity contribution in [1.29, 1.82) is 0 Å². The van der Waals surface area contributed by atoms with Gasteiger partial charge in [0, 0.05) is 31.1 Å². The lowest BCUT2D eigenvalue weighted by molar-refractivity contribution is -0.0166. The predicted octanol–water partition coefficient (Wildman–Crippen LogP) is 1.32. The van der Waals surface area contributed by atoms with Crippen molar-refractivity contribution in [2.24, 2.45) is 5.92 Å². The third-order valence-corrected chi connectivity index (χ3v) is 3.65. The van der Waals surface area contributed by atoms with Gasteiger partial charge < -0.3 is 5.32 Å². The molecule has 1 aliphatic carbocycles. The Kier molecular flexibility index (Phi) is 3.02. The van der Waals surface area contributed by atoms with Crippen LogP contribution in [0, 0.1) is 5.92 Å². The first kappa shape index (κ1) is 10.3. The lowest BCUT2D eigenvalue weighted by atomic mass is 9.80. The molecule has 1 saturated heterocycles. The average molecular weight is 204 g/mol. The average Bonchev–Trinajstić information content (AvgIpc) is 2.49. The Bertz CT molecular complexity index is 193. The number of likely N-dealkylation sites (N-methyl/N-ethyl adjacent to an activating group) is 1. The maximum atomic E-state index is 12.3. The molecule has 2 nitrogen and oxygen atoms in total. The van der Waals surface area contributed by atoms with Gasteiger partial charge in [0.1, 0.15) is 0 Å². The van der Waals surface area contributed by atoms with E-state index in [0.29, 0.717) is 24.9 Å². The lowest BCUT2D eigenvalue weighted by Crippen LogP contribution is -2.46. The quantitative estimate of drug-likeness (QED) is 0.746. The van der Waals surface area contributed by atoms with E-state index in [2.05, 4.69) is 10.2 Å². The summed E-state index contributed by atoms with van der Waals surface area (Å²) in [4.78, 5) is 2.36. The van der Waals surface area contributed by atoms with Crippen LogP contribution >= 0.6 is 0 Å². The number of halogens is 2. The predicted molar refractivity (Wildman–Crippen MR) is 51.6 cm³/mol. The highest BCUT2D eigenvalue weighted by Crippen LogP contribution is 2.37.